The van der Waals surface area contributed by atoms with Crippen molar-refractivity contribution in [1.82, 2.24) is 0 Å². The number of hydrogen-bond donors (Lipinski definition) is 1. The first-order valence-corrected chi connectivity index (χ1v) is 10.5. The van der Waals surface area contributed by atoms with Crippen LogP contribution >= 0.6 is 28.7 Å². The summed E-state index contributed by atoms with van der Waals surface area (Å²) in [6.45, 7) is 14.8. The monoisotopic (exact) mass is 322 g/mol. The second-order valence-electron chi connectivity index (χ2n) is 7.28. The molecule has 1 aromatic carbocycles. The van der Waals surface area contributed by atoms with Gasteiger partial charge in [0.25, 0.3) is 0 Å². The van der Waals surface area contributed by atoms with Crippen LogP contribution in [0, 0.1) is 6.92 Å². The van der Waals surface area contributed by atoms with Gasteiger partial charge in [-0.2, -0.15) is 0 Å². The van der Waals surface area contributed by atoms with Crippen LogP contribution in [-0.2, 0) is 10.8 Å². The van der Waals surface area contributed by atoms with Crippen LogP contribution in [-0.4, -0.2) is 4.89 Å². The topological polar surface area (TPSA) is 20.2 Å². The molecule has 1 nitrogen and oxygen atoms in total. The van der Waals surface area contributed by atoms with Crippen molar-refractivity contribution in [2.75, 3.05) is 0 Å². The summed E-state index contributed by atoms with van der Waals surface area (Å²) in [5.74, 6) is 0. The second-order valence-corrected chi connectivity index (χ2v) is 12.7. The van der Waals surface area contributed by atoms with Gasteiger partial charge in [0.2, 0.25) is 0 Å². The molecule has 0 saturated carbocycles. The fraction of sp³-hybridized carbons (Fsp3) is 0.600. The van der Waals surface area contributed by atoms with E-state index in [0.29, 0.717) is 0 Å². The van der Waals surface area contributed by atoms with Crippen LogP contribution in [0.25, 0.3) is 0 Å². The Kier molecular flexibility index (Phi) is 4.71. The van der Waals surface area contributed by atoms with Crippen LogP contribution < -0.4 is 5.30 Å². The summed E-state index contributed by atoms with van der Waals surface area (Å²) in [4.78, 5) is 10.3. The predicted octanol–water partition coefficient (Wildman–Crippen LogP) is 5.18. The van der Waals surface area contributed by atoms with E-state index in [-0.39, 0.29) is 10.8 Å². The number of benzene rings is 1. The van der Waals surface area contributed by atoms with Crippen LogP contribution in [0.2, 0.25) is 0 Å². The van der Waals surface area contributed by atoms with Crippen molar-refractivity contribution < 1.29 is 4.89 Å². The molecule has 19 heavy (non-hydrogen) atoms. The van der Waals surface area contributed by atoms with Gasteiger partial charge in [-0.3, -0.25) is 0 Å². The molecule has 4 heteroatoms. The van der Waals surface area contributed by atoms with Crippen molar-refractivity contribution in [2.24, 2.45) is 0 Å². The Balaban J connectivity index is 3.80. The predicted molar refractivity (Wildman–Crippen MR) is 90.5 cm³/mol. The van der Waals surface area contributed by atoms with E-state index < -0.39 is 6.19 Å². The summed E-state index contributed by atoms with van der Waals surface area (Å²) in [5, 5.41) is 0.765. The SMILES string of the molecule is Cc1cc(C(C)(C)C)c([PH](O)(Cl)Cl)c(C(C)(C)C)c1. The van der Waals surface area contributed by atoms with E-state index in [4.69, 9.17) is 22.5 Å². The van der Waals surface area contributed by atoms with Crippen LogP contribution in [0.15, 0.2) is 12.1 Å². The zero-order chi connectivity index (χ0) is 15.2. The first-order valence-electron chi connectivity index (χ1n) is 6.51. The van der Waals surface area contributed by atoms with E-state index >= 15 is 0 Å². The Morgan fingerprint density at radius 2 is 1.21 bits per heavy atom. The maximum atomic E-state index is 10.3. The molecule has 0 aliphatic rings. The molecule has 1 N–H and O–H groups in total. The number of hydrogen-bond acceptors (Lipinski definition) is 1. The molecule has 1 rings (SSSR count). The van der Waals surface area contributed by atoms with Crippen molar-refractivity contribution in [1.29, 1.82) is 0 Å². The van der Waals surface area contributed by atoms with Crippen molar-refractivity contribution in [3.05, 3.63) is 28.8 Å². The van der Waals surface area contributed by atoms with Gasteiger partial charge in [0, 0.05) is 0 Å². The zero-order valence-electron chi connectivity index (χ0n) is 12.9. The quantitative estimate of drug-likeness (QED) is 0.706. The average molecular weight is 323 g/mol. The third-order valence-corrected chi connectivity index (χ3v) is 5.47. The maximum absolute atomic E-state index is 10.3. The minimum absolute atomic E-state index is 0.105. The Bertz CT molecular complexity index is 441. The summed E-state index contributed by atoms with van der Waals surface area (Å²) in [6, 6.07) is 4.18. The van der Waals surface area contributed by atoms with E-state index in [1.807, 2.05) is 0 Å². The molecule has 0 saturated heterocycles. The molecule has 0 amide bonds. The standard InChI is InChI=1S/C15H25Cl2OP/c1-10-8-11(14(2,3)4)13(19(16,17)18)12(9-10)15(5,6)7/h8-9,18-19H,1-7H3. The third kappa shape index (κ3) is 4.08. The van der Waals surface area contributed by atoms with E-state index in [1.54, 1.807) is 0 Å². The third-order valence-electron chi connectivity index (χ3n) is 3.20. The molecule has 0 unspecified atom stereocenters. The van der Waals surface area contributed by atoms with E-state index in [0.717, 1.165) is 16.4 Å². The number of rotatable bonds is 1. The zero-order valence-corrected chi connectivity index (χ0v) is 15.4. The summed E-state index contributed by atoms with van der Waals surface area (Å²) >= 11 is 12.4. The van der Waals surface area contributed by atoms with Crippen molar-refractivity contribution >= 4 is 34.0 Å². The van der Waals surface area contributed by atoms with Gasteiger partial charge in [0.05, 0.1) is 0 Å². The Morgan fingerprint density at radius 3 is 1.42 bits per heavy atom. The van der Waals surface area contributed by atoms with E-state index in [2.05, 4.69) is 60.6 Å². The van der Waals surface area contributed by atoms with Crippen LogP contribution in [0.3, 0.4) is 0 Å². The minimum atomic E-state index is -3.42. The second kappa shape index (κ2) is 5.19. The fourth-order valence-corrected chi connectivity index (χ4v) is 5.06. The number of aryl methyl sites for hydroxylation is 1. The molecule has 0 aromatic heterocycles. The molecule has 1 aromatic rings. The average Bonchev–Trinajstić information content (AvgIpc) is 2.11. The van der Waals surface area contributed by atoms with Gasteiger partial charge in [-0.25, -0.2) is 0 Å². The fourth-order valence-electron chi connectivity index (χ4n) is 2.29. The van der Waals surface area contributed by atoms with Gasteiger partial charge >= 0.3 is 127 Å². The first kappa shape index (κ1) is 17.2. The van der Waals surface area contributed by atoms with E-state index in [1.165, 1.54) is 5.56 Å². The molecule has 0 spiro atoms. The van der Waals surface area contributed by atoms with Crippen molar-refractivity contribution in [3.63, 3.8) is 0 Å². The molecule has 0 aliphatic heterocycles. The molecular weight excluding hydrogens is 298 g/mol. The van der Waals surface area contributed by atoms with Crippen molar-refractivity contribution in [3.8, 4) is 0 Å². The van der Waals surface area contributed by atoms with Gasteiger partial charge in [-0.15, -0.1) is 0 Å². The molecule has 0 aliphatic carbocycles. The normalized spacial score (nSPS) is 14.6. The van der Waals surface area contributed by atoms with Gasteiger partial charge in [0.1, 0.15) is 0 Å². The first-order chi connectivity index (χ1) is 8.24. The number of halogens is 2. The molecule has 0 heterocycles. The van der Waals surface area contributed by atoms with E-state index in [9.17, 15) is 4.89 Å². The van der Waals surface area contributed by atoms with Crippen LogP contribution in [0.4, 0.5) is 0 Å². The van der Waals surface area contributed by atoms with Gasteiger partial charge < -0.3 is 0 Å². The van der Waals surface area contributed by atoms with Crippen LogP contribution in [0.5, 0.6) is 0 Å². The molecule has 0 fully saturated rings. The Morgan fingerprint density at radius 1 is 0.895 bits per heavy atom. The molecule has 0 bridgehead atoms. The Labute approximate surface area is 127 Å². The van der Waals surface area contributed by atoms with Crippen molar-refractivity contribution in [2.45, 2.75) is 59.3 Å². The summed E-state index contributed by atoms with van der Waals surface area (Å²) in [5.41, 5.74) is 3.07. The van der Waals surface area contributed by atoms with Gasteiger partial charge in [-0.05, 0) is 0 Å². The molecule has 110 valence electrons. The van der Waals surface area contributed by atoms with Crippen LogP contribution in [0.1, 0.15) is 58.2 Å². The molecule has 0 atom stereocenters. The summed E-state index contributed by atoms with van der Waals surface area (Å²) in [6.07, 6.45) is -3.42. The summed E-state index contributed by atoms with van der Waals surface area (Å²) < 4.78 is 0. The molecular formula is C15H25Cl2OP. The summed E-state index contributed by atoms with van der Waals surface area (Å²) in [7, 11) is 0. The van der Waals surface area contributed by atoms with Gasteiger partial charge in [-0.1, -0.05) is 0 Å². The Hall–Kier alpha value is 0.190. The van der Waals surface area contributed by atoms with Gasteiger partial charge in [0.15, 0.2) is 0 Å². The molecule has 0 radical (unpaired) electrons.